The first-order chi connectivity index (χ1) is 17.3. The Kier molecular flexibility index (Phi) is 9.74. The largest absolute Gasteiger partial charge is 0.493 e. The van der Waals surface area contributed by atoms with Gasteiger partial charge in [0.2, 0.25) is 5.75 Å². The van der Waals surface area contributed by atoms with Crippen molar-refractivity contribution in [2.24, 2.45) is 5.92 Å². The fraction of sp³-hybridized carbons (Fsp3) is 0.586. The maximum absolute atomic E-state index is 11.9. The third-order valence-electron chi connectivity index (χ3n) is 7.36. The van der Waals surface area contributed by atoms with Crippen molar-refractivity contribution in [3.05, 3.63) is 41.0 Å². The third-order valence-corrected chi connectivity index (χ3v) is 7.36. The molecule has 0 spiro atoms. The van der Waals surface area contributed by atoms with Gasteiger partial charge >= 0.3 is 0 Å². The quantitative estimate of drug-likeness (QED) is 0.383. The van der Waals surface area contributed by atoms with E-state index in [2.05, 4.69) is 25.2 Å². The molecule has 2 atom stereocenters. The zero-order valence-corrected chi connectivity index (χ0v) is 22.9. The summed E-state index contributed by atoms with van der Waals surface area (Å²) in [6, 6.07) is 8.09. The highest BCUT2D eigenvalue weighted by Gasteiger charge is 2.44. The van der Waals surface area contributed by atoms with Gasteiger partial charge in [0.25, 0.3) is 0 Å². The molecule has 36 heavy (non-hydrogen) atoms. The van der Waals surface area contributed by atoms with Gasteiger partial charge in [-0.15, -0.1) is 0 Å². The molecule has 7 nitrogen and oxygen atoms in total. The summed E-state index contributed by atoms with van der Waals surface area (Å²) in [6.07, 6.45) is 4.04. The lowest BCUT2D eigenvalue weighted by molar-refractivity contribution is -0.0244. The van der Waals surface area contributed by atoms with Gasteiger partial charge in [-0.2, -0.15) is 0 Å². The number of aliphatic hydroxyl groups is 1. The van der Waals surface area contributed by atoms with Crippen LogP contribution in [0.1, 0.15) is 55.7 Å². The first kappa shape index (κ1) is 27.9. The van der Waals surface area contributed by atoms with E-state index in [-0.39, 0.29) is 11.8 Å². The molecule has 0 aromatic heterocycles. The normalized spacial score (nSPS) is 19.1. The molecule has 2 aromatic rings. The summed E-state index contributed by atoms with van der Waals surface area (Å²) >= 11 is 0. The van der Waals surface area contributed by atoms with Crippen molar-refractivity contribution in [3.63, 3.8) is 0 Å². The Balaban J connectivity index is 1.64. The lowest BCUT2D eigenvalue weighted by atomic mass is 9.65. The predicted molar refractivity (Wildman–Crippen MR) is 142 cm³/mol. The number of methoxy groups -OCH3 is 5. The zero-order chi connectivity index (χ0) is 26.3. The molecule has 1 aliphatic rings. The number of nitrogens with one attached hydrogen (secondary N) is 1. The van der Waals surface area contributed by atoms with Crippen LogP contribution in [0.15, 0.2) is 24.3 Å². The maximum Gasteiger partial charge on any atom is 0.203 e. The van der Waals surface area contributed by atoms with Gasteiger partial charge in [-0.25, -0.2) is 0 Å². The molecule has 1 aliphatic carbocycles. The molecule has 200 valence electrons. The summed E-state index contributed by atoms with van der Waals surface area (Å²) < 4.78 is 27.7. The number of hydrogen-bond acceptors (Lipinski definition) is 7. The first-order valence-corrected chi connectivity index (χ1v) is 12.8. The molecule has 0 fully saturated rings. The average Bonchev–Trinajstić information content (AvgIpc) is 2.88. The lowest BCUT2D eigenvalue weighted by Crippen LogP contribution is -2.45. The molecule has 0 amide bonds. The molecule has 0 saturated heterocycles. The Bertz CT molecular complexity index is 1010. The summed E-state index contributed by atoms with van der Waals surface area (Å²) in [5, 5.41) is 15.4. The van der Waals surface area contributed by atoms with Crippen LogP contribution in [0.5, 0.6) is 28.7 Å². The molecule has 0 heterocycles. The van der Waals surface area contributed by atoms with Gasteiger partial charge in [0, 0.05) is 11.5 Å². The van der Waals surface area contributed by atoms with Crippen LogP contribution in [0.4, 0.5) is 0 Å². The third kappa shape index (κ3) is 5.84. The first-order valence-electron chi connectivity index (χ1n) is 12.8. The van der Waals surface area contributed by atoms with Crippen LogP contribution in [0.3, 0.4) is 0 Å². The van der Waals surface area contributed by atoms with Gasteiger partial charge < -0.3 is 34.1 Å². The standard InChI is InChI=1S/C29H43NO6/c1-19(2)26-22-18-25(34-5)28(36-7)27(35-6)21(22)12-13-29(26,31)14-16-30-15-8-9-20-10-11-23(32-3)24(17-20)33-4/h10-11,17-19,26,30-31H,8-9,12-16H2,1-7H3. The highest BCUT2D eigenvalue weighted by atomic mass is 16.5. The smallest absolute Gasteiger partial charge is 0.203 e. The number of hydrogen-bond donors (Lipinski definition) is 2. The topological polar surface area (TPSA) is 78.4 Å². The molecule has 2 unspecified atom stereocenters. The van der Waals surface area contributed by atoms with Crippen molar-refractivity contribution in [1.82, 2.24) is 5.32 Å². The molecule has 0 radical (unpaired) electrons. The van der Waals surface area contributed by atoms with Crippen molar-refractivity contribution in [2.45, 2.75) is 57.5 Å². The highest BCUT2D eigenvalue weighted by molar-refractivity contribution is 5.61. The summed E-state index contributed by atoms with van der Waals surface area (Å²) in [6.45, 7) is 5.98. The highest BCUT2D eigenvalue weighted by Crippen LogP contribution is 2.52. The minimum atomic E-state index is -0.803. The van der Waals surface area contributed by atoms with Crippen molar-refractivity contribution < 1.29 is 28.8 Å². The number of fused-ring (bicyclic) bond motifs is 1. The Hall–Kier alpha value is -2.64. The minimum Gasteiger partial charge on any atom is -0.493 e. The monoisotopic (exact) mass is 501 g/mol. The SMILES string of the molecule is COc1ccc(CCCNCCC2(O)CCc3c(cc(OC)c(OC)c3OC)C2C(C)C)cc1OC. The second kappa shape index (κ2) is 12.5. The van der Waals surface area contributed by atoms with Gasteiger partial charge in [-0.05, 0) is 80.4 Å². The number of ether oxygens (including phenoxy) is 5. The fourth-order valence-electron chi connectivity index (χ4n) is 5.70. The predicted octanol–water partition coefficient (Wildman–Crippen LogP) is 4.76. The van der Waals surface area contributed by atoms with E-state index in [0.717, 1.165) is 55.0 Å². The molecular weight excluding hydrogens is 458 g/mol. The van der Waals surface area contributed by atoms with Crippen LogP contribution < -0.4 is 29.0 Å². The summed E-state index contributed by atoms with van der Waals surface area (Å²) in [5.74, 6) is 3.70. The van der Waals surface area contributed by atoms with Crippen molar-refractivity contribution in [1.29, 1.82) is 0 Å². The van der Waals surface area contributed by atoms with Gasteiger partial charge in [0.15, 0.2) is 23.0 Å². The van der Waals surface area contributed by atoms with Crippen LogP contribution in [0.2, 0.25) is 0 Å². The van der Waals surface area contributed by atoms with Crippen molar-refractivity contribution >= 4 is 0 Å². The van der Waals surface area contributed by atoms with E-state index >= 15 is 0 Å². The number of aryl methyl sites for hydroxylation is 1. The van der Waals surface area contributed by atoms with Gasteiger partial charge in [-0.3, -0.25) is 0 Å². The van der Waals surface area contributed by atoms with E-state index in [1.54, 1.807) is 35.5 Å². The van der Waals surface area contributed by atoms with Gasteiger partial charge in [0.05, 0.1) is 41.2 Å². The van der Waals surface area contributed by atoms with Crippen LogP contribution in [-0.4, -0.2) is 59.3 Å². The Morgan fingerprint density at radius 2 is 1.58 bits per heavy atom. The second-order valence-corrected chi connectivity index (χ2v) is 9.83. The maximum atomic E-state index is 11.9. The van der Waals surface area contributed by atoms with E-state index in [0.29, 0.717) is 30.1 Å². The molecule has 0 bridgehead atoms. The van der Waals surface area contributed by atoms with Gasteiger partial charge in [-0.1, -0.05) is 19.9 Å². The number of benzene rings is 2. The van der Waals surface area contributed by atoms with Crippen LogP contribution >= 0.6 is 0 Å². The minimum absolute atomic E-state index is 0.0245. The van der Waals surface area contributed by atoms with E-state index in [9.17, 15) is 5.11 Å². The molecule has 0 saturated carbocycles. The molecule has 2 aromatic carbocycles. The van der Waals surface area contributed by atoms with Crippen molar-refractivity contribution in [3.8, 4) is 28.7 Å². The van der Waals surface area contributed by atoms with E-state index in [4.69, 9.17) is 23.7 Å². The molecule has 2 N–H and O–H groups in total. The fourth-order valence-corrected chi connectivity index (χ4v) is 5.70. The van der Waals surface area contributed by atoms with E-state index in [1.807, 2.05) is 18.2 Å². The Labute approximate surface area is 216 Å². The van der Waals surface area contributed by atoms with Crippen LogP contribution in [-0.2, 0) is 12.8 Å². The van der Waals surface area contributed by atoms with E-state index < -0.39 is 5.60 Å². The lowest BCUT2D eigenvalue weighted by Gasteiger charge is -2.44. The van der Waals surface area contributed by atoms with Crippen LogP contribution in [0.25, 0.3) is 0 Å². The zero-order valence-electron chi connectivity index (χ0n) is 22.9. The summed E-state index contributed by atoms with van der Waals surface area (Å²) in [5.41, 5.74) is 2.63. The van der Waals surface area contributed by atoms with Crippen LogP contribution in [0, 0.1) is 5.92 Å². The van der Waals surface area contributed by atoms with Gasteiger partial charge in [0.1, 0.15) is 0 Å². The number of rotatable bonds is 13. The molecule has 0 aliphatic heterocycles. The molecular formula is C29H43NO6. The molecule has 3 rings (SSSR count). The summed E-state index contributed by atoms with van der Waals surface area (Å²) in [7, 11) is 8.23. The average molecular weight is 502 g/mol. The van der Waals surface area contributed by atoms with Crippen molar-refractivity contribution in [2.75, 3.05) is 48.6 Å². The molecule has 7 heteroatoms. The second-order valence-electron chi connectivity index (χ2n) is 9.83. The summed E-state index contributed by atoms with van der Waals surface area (Å²) in [4.78, 5) is 0. The Morgan fingerprint density at radius 3 is 2.19 bits per heavy atom. The van der Waals surface area contributed by atoms with E-state index in [1.165, 1.54) is 5.56 Å². The Morgan fingerprint density at radius 1 is 0.889 bits per heavy atom.